The molecule has 4 nitrogen and oxygen atoms in total. The third-order valence-electron chi connectivity index (χ3n) is 12.5. The molecule has 0 spiro atoms. The van der Waals surface area contributed by atoms with Crippen molar-refractivity contribution in [3.63, 3.8) is 0 Å². The van der Waals surface area contributed by atoms with Gasteiger partial charge in [0, 0.05) is 17.3 Å². The first-order valence-electron chi connectivity index (χ1n) is 13.9. The van der Waals surface area contributed by atoms with Crippen LogP contribution in [-0.4, -0.2) is 39.9 Å². The molecule has 0 aromatic rings. The van der Waals surface area contributed by atoms with Gasteiger partial charge in [0.15, 0.2) is 0 Å². The summed E-state index contributed by atoms with van der Waals surface area (Å²) in [6.45, 7) is 18.0. The highest BCUT2D eigenvalue weighted by Gasteiger charge is 2.67. The van der Waals surface area contributed by atoms with Gasteiger partial charge in [0.1, 0.15) is 11.9 Å². The molecule has 3 saturated carbocycles. The van der Waals surface area contributed by atoms with E-state index in [0.717, 1.165) is 25.7 Å². The van der Waals surface area contributed by atoms with E-state index in [-0.39, 0.29) is 51.2 Å². The van der Waals surface area contributed by atoms with Gasteiger partial charge in [-0.2, -0.15) is 0 Å². The largest absolute Gasteiger partial charge is 0.392 e. The van der Waals surface area contributed by atoms with Gasteiger partial charge in [-0.25, -0.2) is 0 Å². The number of allylic oxidation sites excluding steroid dienone is 2. The second-order valence-corrected chi connectivity index (χ2v) is 14.6. The third-order valence-corrected chi connectivity index (χ3v) is 12.5. The average molecular weight is 473 g/mol. The molecule has 1 saturated heterocycles. The van der Waals surface area contributed by atoms with Gasteiger partial charge in [0.2, 0.25) is 0 Å². The number of aliphatic hydroxyl groups is 2. The molecular weight excluding hydrogens is 424 g/mol. The standard InChI is InChI=1S/C30H48O4/c1-17(15-21(31)25-27(4,5)34-25)18-11-13-29(7)19-9-10-22-26(2,3)23(32)16-24(33)30(22,8)20(19)12-14-28(18,29)6/h9,17-18,20-22,24-25,31,33H,10-16H2,1-8H3/t17-,18+,20-,21+,22-,24+,25-,28-,29+,30+/m0/s1. The van der Waals surface area contributed by atoms with Crippen LogP contribution >= 0.6 is 0 Å². The second-order valence-electron chi connectivity index (χ2n) is 14.6. The van der Waals surface area contributed by atoms with Crippen LogP contribution in [0.15, 0.2) is 11.6 Å². The summed E-state index contributed by atoms with van der Waals surface area (Å²) < 4.78 is 5.74. The predicted molar refractivity (Wildman–Crippen MR) is 134 cm³/mol. The maximum Gasteiger partial charge on any atom is 0.141 e. The summed E-state index contributed by atoms with van der Waals surface area (Å²) in [5.74, 6) is 1.80. The Labute approximate surface area is 206 Å². The van der Waals surface area contributed by atoms with E-state index in [1.807, 2.05) is 0 Å². The Bertz CT molecular complexity index is 903. The first kappa shape index (κ1) is 25.0. The lowest BCUT2D eigenvalue weighted by Gasteiger charge is -2.64. The van der Waals surface area contributed by atoms with Gasteiger partial charge >= 0.3 is 0 Å². The molecule has 1 aliphatic heterocycles. The highest BCUT2D eigenvalue weighted by Crippen LogP contribution is 2.73. The zero-order chi connectivity index (χ0) is 25.1. The number of hydrogen-bond donors (Lipinski definition) is 2. The van der Waals surface area contributed by atoms with Crippen LogP contribution in [0.4, 0.5) is 0 Å². The minimum Gasteiger partial charge on any atom is -0.392 e. The minimum atomic E-state index is -0.548. The fourth-order valence-corrected chi connectivity index (χ4v) is 9.94. The minimum absolute atomic E-state index is 0.0249. The summed E-state index contributed by atoms with van der Waals surface area (Å²) in [5, 5.41) is 22.2. The number of Topliss-reactive ketones (excluding diaryl/α,β-unsaturated/α-hetero) is 1. The van der Waals surface area contributed by atoms with Gasteiger partial charge in [0.25, 0.3) is 0 Å². The molecule has 5 aliphatic rings. The molecule has 34 heavy (non-hydrogen) atoms. The maximum absolute atomic E-state index is 12.9. The van der Waals surface area contributed by atoms with Gasteiger partial charge < -0.3 is 14.9 Å². The van der Waals surface area contributed by atoms with Crippen LogP contribution in [0.5, 0.6) is 0 Å². The molecule has 10 atom stereocenters. The highest BCUT2D eigenvalue weighted by molar-refractivity contribution is 5.86. The van der Waals surface area contributed by atoms with Crippen molar-refractivity contribution in [3.8, 4) is 0 Å². The second kappa shape index (κ2) is 7.42. The molecule has 0 unspecified atom stereocenters. The molecule has 1 heterocycles. The maximum atomic E-state index is 12.9. The molecule has 0 bridgehead atoms. The molecule has 4 heteroatoms. The molecule has 0 radical (unpaired) electrons. The lowest BCUT2D eigenvalue weighted by molar-refractivity contribution is -0.168. The normalized spacial score (nSPS) is 50.5. The van der Waals surface area contributed by atoms with Crippen LogP contribution in [0.1, 0.15) is 100 Å². The van der Waals surface area contributed by atoms with Crippen LogP contribution in [0, 0.1) is 45.3 Å². The lowest BCUT2D eigenvalue weighted by atomic mass is 9.40. The van der Waals surface area contributed by atoms with Crippen molar-refractivity contribution in [3.05, 3.63) is 11.6 Å². The Kier molecular flexibility index (Phi) is 5.44. The molecule has 4 fully saturated rings. The van der Waals surface area contributed by atoms with Crippen LogP contribution < -0.4 is 0 Å². The van der Waals surface area contributed by atoms with Crippen molar-refractivity contribution in [2.24, 2.45) is 45.3 Å². The van der Waals surface area contributed by atoms with Crippen molar-refractivity contribution < 1.29 is 19.7 Å². The number of ketones is 1. The van der Waals surface area contributed by atoms with Crippen molar-refractivity contribution >= 4 is 5.78 Å². The first-order chi connectivity index (χ1) is 15.6. The van der Waals surface area contributed by atoms with E-state index in [9.17, 15) is 15.0 Å². The van der Waals surface area contributed by atoms with E-state index in [1.54, 1.807) is 5.57 Å². The molecule has 0 aromatic carbocycles. The van der Waals surface area contributed by atoms with Crippen molar-refractivity contribution in [1.29, 1.82) is 0 Å². The summed E-state index contributed by atoms with van der Waals surface area (Å²) in [6.07, 6.45) is 8.19. The molecule has 2 N–H and O–H groups in total. The molecule has 5 rings (SSSR count). The van der Waals surface area contributed by atoms with Gasteiger partial charge in [0.05, 0.1) is 17.8 Å². The predicted octanol–water partition coefficient (Wildman–Crippen LogP) is 5.70. The van der Waals surface area contributed by atoms with Crippen molar-refractivity contribution in [1.82, 2.24) is 0 Å². The summed E-state index contributed by atoms with van der Waals surface area (Å²) in [5.41, 5.74) is 1.10. The van der Waals surface area contributed by atoms with E-state index >= 15 is 0 Å². The molecule has 4 aliphatic carbocycles. The Morgan fingerprint density at radius 3 is 2.35 bits per heavy atom. The number of carbonyl (C=O) groups excluding carboxylic acids is 1. The van der Waals surface area contributed by atoms with E-state index in [2.05, 4.69) is 61.5 Å². The fourth-order valence-electron chi connectivity index (χ4n) is 9.94. The van der Waals surface area contributed by atoms with Crippen LogP contribution in [0.3, 0.4) is 0 Å². The van der Waals surface area contributed by atoms with Crippen LogP contribution in [0.25, 0.3) is 0 Å². The monoisotopic (exact) mass is 472 g/mol. The summed E-state index contributed by atoms with van der Waals surface area (Å²) >= 11 is 0. The van der Waals surface area contributed by atoms with Crippen molar-refractivity contribution in [2.45, 2.75) is 124 Å². The summed E-state index contributed by atoms with van der Waals surface area (Å²) in [6, 6.07) is 0. The van der Waals surface area contributed by atoms with E-state index in [1.165, 1.54) is 12.8 Å². The number of rotatable bonds is 4. The SMILES string of the molecule is C[C@@H](C[C@@H](O)[C@@H]1OC1(C)C)[C@H]1CC[C@]2(C)C3=CC[C@H]4C(C)(C)C(=O)C[C@@H](O)[C@]4(C)[C@H]3CC[C@@]12C. The fraction of sp³-hybridized carbons (Fsp3) is 0.900. The van der Waals surface area contributed by atoms with Gasteiger partial charge in [-0.1, -0.05) is 53.2 Å². The number of aliphatic hydroxyl groups excluding tert-OH is 2. The van der Waals surface area contributed by atoms with Crippen molar-refractivity contribution in [2.75, 3.05) is 0 Å². The highest BCUT2D eigenvalue weighted by atomic mass is 16.6. The Morgan fingerprint density at radius 1 is 1.09 bits per heavy atom. The lowest BCUT2D eigenvalue weighted by Crippen LogP contribution is -2.62. The third kappa shape index (κ3) is 3.10. The molecule has 192 valence electrons. The Balaban J connectivity index is 1.43. The van der Waals surface area contributed by atoms with E-state index in [4.69, 9.17) is 4.74 Å². The smallest absolute Gasteiger partial charge is 0.141 e. The van der Waals surface area contributed by atoms with Gasteiger partial charge in [-0.15, -0.1) is 0 Å². The Morgan fingerprint density at radius 2 is 1.74 bits per heavy atom. The van der Waals surface area contributed by atoms with Gasteiger partial charge in [-0.05, 0) is 86.9 Å². The van der Waals surface area contributed by atoms with Crippen LogP contribution in [0.2, 0.25) is 0 Å². The van der Waals surface area contributed by atoms with E-state index < -0.39 is 6.10 Å². The molecular formula is C30H48O4. The zero-order valence-corrected chi connectivity index (χ0v) is 22.8. The molecule has 0 amide bonds. The van der Waals surface area contributed by atoms with Gasteiger partial charge in [-0.3, -0.25) is 4.79 Å². The zero-order valence-electron chi connectivity index (χ0n) is 22.8. The topological polar surface area (TPSA) is 70.1 Å². The van der Waals surface area contributed by atoms with E-state index in [0.29, 0.717) is 24.2 Å². The van der Waals surface area contributed by atoms with Crippen LogP contribution in [-0.2, 0) is 9.53 Å². The summed E-state index contributed by atoms with van der Waals surface area (Å²) in [7, 11) is 0. The Hall–Kier alpha value is -0.710. The number of carbonyl (C=O) groups is 1. The summed E-state index contributed by atoms with van der Waals surface area (Å²) in [4.78, 5) is 12.9. The number of hydrogen-bond acceptors (Lipinski definition) is 4. The molecule has 0 aromatic heterocycles. The quantitative estimate of drug-likeness (QED) is 0.407. The number of fused-ring (bicyclic) bond motifs is 5. The number of ether oxygens (including phenoxy) is 1. The number of epoxide rings is 1. The average Bonchev–Trinajstić information content (AvgIpc) is 3.28. The first-order valence-corrected chi connectivity index (χ1v) is 13.9.